The van der Waals surface area contributed by atoms with E-state index in [1.54, 1.807) is 13.0 Å². The molecule has 23 heteroatoms. The molecule has 0 radical (unpaired) electrons. The number of thioether (sulfide) groups is 2. The highest BCUT2D eigenvalue weighted by Crippen LogP contribution is 2.41. The number of amides is 3. The van der Waals surface area contributed by atoms with Crippen LogP contribution in [0.1, 0.15) is 36.6 Å². The van der Waals surface area contributed by atoms with E-state index in [1.165, 1.54) is 71.7 Å². The molecule has 2 aliphatic heterocycles. The number of aryl methyl sites for hydroxylation is 1. The highest BCUT2D eigenvalue weighted by Gasteiger charge is 2.54. The second-order valence-electron chi connectivity index (χ2n) is 12.1. The SMILES string of the molecule is Cc1cc(SCC2=C(C(=O)O)N3C(=O)C(NC(=O)C(=NOC(C)(C)C(=O)NN=Cc4ccc(O)c(O)c4)c4csc(N)n4)[C@H]3SC2)n2nc(CO)nc2n1. The third-order valence-corrected chi connectivity index (χ3v) is 10.9. The molecule has 2 atom stereocenters. The molecule has 1 unspecified atom stereocenters. The molecule has 0 bridgehead atoms. The number of phenolic OH excluding ortho intramolecular Hbond substituents is 2. The quantitative estimate of drug-likeness (QED) is 0.0243. The van der Waals surface area contributed by atoms with E-state index >= 15 is 0 Å². The lowest BCUT2D eigenvalue weighted by atomic mass is 10.0. The number of thiazole rings is 1. The summed E-state index contributed by atoms with van der Waals surface area (Å²) in [6.07, 6.45) is 1.22. The number of hydrogen-bond donors (Lipinski definition) is 7. The van der Waals surface area contributed by atoms with E-state index in [-0.39, 0.29) is 57.7 Å². The smallest absolute Gasteiger partial charge is 0.352 e. The summed E-state index contributed by atoms with van der Waals surface area (Å²) in [5.74, 6) is -3.47. The molecule has 8 N–H and O–H groups in total. The lowest BCUT2D eigenvalue weighted by molar-refractivity contribution is -0.150. The Morgan fingerprint density at radius 2 is 1.96 bits per heavy atom. The molecule has 1 saturated heterocycles. The van der Waals surface area contributed by atoms with Gasteiger partial charge in [-0.2, -0.15) is 14.6 Å². The number of carbonyl (C=O) groups excluding carboxylic acids is 3. The maximum absolute atomic E-state index is 13.6. The molecule has 54 heavy (non-hydrogen) atoms. The normalized spacial score (nSPS) is 17.4. The maximum Gasteiger partial charge on any atom is 0.352 e. The summed E-state index contributed by atoms with van der Waals surface area (Å²) in [4.78, 5) is 71.7. The van der Waals surface area contributed by atoms with Gasteiger partial charge >= 0.3 is 5.97 Å². The average molecular weight is 798 g/mol. The molecule has 3 amide bonds. The van der Waals surface area contributed by atoms with Gasteiger partial charge in [0.1, 0.15) is 34.4 Å². The first-order chi connectivity index (χ1) is 25.7. The second kappa shape index (κ2) is 15.3. The van der Waals surface area contributed by atoms with E-state index in [0.29, 0.717) is 21.9 Å². The van der Waals surface area contributed by atoms with Crippen molar-refractivity contribution in [2.45, 2.75) is 49.4 Å². The largest absolute Gasteiger partial charge is 0.504 e. The van der Waals surface area contributed by atoms with Gasteiger partial charge in [0.2, 0.25) is 5.60 Å². The van der Waals surface area contributed by atoms with Crippen LogP contribution >= 0.6 is 34.9 Å². The minimum Gasteiger partial charge on any atom is -0.504 e. The predicted octanol–water partition coefficient (Wildman–Crippen LogP) is 0.555. The van der Waals surface area contributed by atoms with Gasteiger partial charge in [0, 0.05) is 22.6 Å². The monoisotopic (exact) mass is 797 g/mol. The summed E-state index contributed by atoms with van der Waals surface area (Å²) < 4.78 is 1.45. The number of aromatic nitrogens is 5. The highest BCUT2D eigenvalue weighted by molar-refractivity contribution is 8.01. The van der Waals surface area contributed by atoms with Crippen molar-refractivity contribution in [3.05, 3.63) is 63.7 Å². The number of nitrogens with one attached hydrogen (secondary N) is 2. The van der Waals surface area contributed by atoms with Crippen LogP contribution in [0.2, 0.25) is 0 Å². The van der Waals surface area contributed by atoms with Gasteiger partial charge in [-0.15, -0.1) is 40.0 Å². The number of anilines is 1. The zero-order valence-electron chi connectivity index (χ0n) is 28.5. The summed E-state index contributed by atoms with van der Waals surface area (Å²) in [6.45, 7) is 4.10. The van der Waals surface area contributed by atoms with Gasteiger partial charge in [0.15, 0.2) is 28.2 Å². The molecule has 1 aromatic carbocycles. The number of β-lactam (4-membered cyclic amide) rings is 1. The van der Waals surface area contributed by atoms with E-state index in [0.717, 1.165) is 16.2 Å². The van der Waals surface area contributed by atoms with E-state index in [2.05, 4.69) is 41.1 Å². The van der Waals surface area contributed by atoms with E-state index in [1.807, 2.05) is 0 Å². The van der Waals surface area contributed by atoms with Crippen LogP contribution in [0.15, 0.2) is 56.2 Å². The van der Waals surface area contributed by atoms with Crippen LogP contribution in [-0.2, 0) is 30.6 Å². The van der Waals surface area contributed by atoms with Crippen LogP contribution in [0.4, 0.5) is 5.13 Å². The van der Waals surface area contributed by atoms with Gasteiger partial charge in [0.25, 0.3) is 23.5 Å². The summed E-state index contributed by atoms with van der Waals surface area (Å²) in [7, 11) is 0. The Hall–Kier alpha value is -5.78. The number of hydrogen-bond acceptors (Lipinski definition) is 18. The lowest BCUT2D eigenvalue weighted by Crippen LogP contribution is -2.71. The number of aliphatic hydroxyl groups excluding tert-OH is 1. The number of carboxylic acid groups (broad SMARTS) is 1. The van der Waals surface area contributed by atoms with Crippen molar-refractivity contribution in [2.75, 3.05) is 17.2 Å². The molecular formula is C31H31N11O9S3. The third-order valence-electron chi connectivity index (χ3n) is 7.79. The molecule has 0 aliphatic carbocycles. The van der Waals surface area contributed by atoms with Crippen LogP contribution in [0, 0.1) is 6.92 Å². The zero-order chi connectivity index (χ0) is 38.9. The van der Waals surface area contributed by atoms with Crippen molar-refractivity contribution >= 4 is 81.4 Å². The Balaban J connectivity index is 1.15. The first-order valence-corrected chi connectivity index (χ1v) is 18.6. The molecule has 3 aromatic heterocycles. The van der Waals surface area contributed by atoms with Crippen LogP contribution in [0.3, 0.4) is 0 Å². The number of hydrazone groups is 1. The average Bonchev–Trinajstić information content (AvgIpc) is 3.76. The Labute approximate surface area is 317 Å². The Morgan fingerprint density at radius 3 is 2.65 bits per heavy atom. The molecule has 282 valence electrons. The number of benzene rings is 1. The predicted molar refractivity (Wildman–Crippen MR) is 196 cm³/mol. The summed E-state index contributed by atoms with van der Waals surface area (Å²) >= 11 is 3.54. The molecule has 2 aliphatic rings. The van der Waals surface area contributed by atoms with Crippen LogP contribution < -0.4 is 16.5 Å². The molecule has 0 saturated carbocycles. The number of carbonyl (C=O) groups is 4. The number of rotatable bonds is 13. The number of carboxylic acids is 1. The number of aliphatic carboxylic acids is 1. The minimum atomic E-state index is -1.70. The van der Waals surface area contributed by atoms with Gasteiger partial charge in [-0.05, 0) is 56.2 Å². The Morgan fingerprint density at radius 1 is 1.19 bits per heavy atom. The van der Waals surface area contributed by atoms with Crippen molar-refractivity contribution in [1.82, 2.24) is 40.2 Å². The summed E-state index contributed by atoms with van der Waals surface area (Å²) in [5, 5.41) is 54.7. The third kappa shape index (κ3) is 7.78. The number of oxime groups is 1. The van der Waals surface area contributed by atoms with E-state index < -0.39 is 46.4 Å². The number of aromatic hydroxyl groups is 2. The van der Waals surface area contributed by atoms with Crippen LogP contribution in [-0.4, -0.2) is 114 Å². The molecule has 20 nitrogen and oxygen atoms in total. The van der Waals surface area contributed by atoms with Gasteiger partial charge in [-0.25, -0.2) is 20.2 Å². The van der Waals surface area contributed by atoms with E-state index in [9.17, 15) is 39.6 Å². The fourth-order valence-corrected chi connectivity index (χ4v) is 8.14. The number of nitrogens with two attached hydrogens (primary N) is 1. The van der Waals surface area contributed by atoms with Gasteiger partial charge in [0.05, 0.1) is 6.21 Å². The first kappa shape index (κ1) is 38.0. The lowest BCUT2D eigenvalue weighted by Gasteiger charge is -2.49. The Kier molecular flexibility index (Phi) is 10.7. The molecular weight excluding hydrogens is 767 g/mol. The number of phenols is 2. The fraction of sp³-hybridized carbons (Fsp3) is 0.290. The number of fused-ring (bicyclic) bond motifs is 2. The highest BCUT2D eigenvalue weighted by atomic mass is 32.2. The van der Waals surface area contributed by atoms with Crippen molar-refractivity contribution in [2.24, 2.45) is 10.3 Å². The molecule has 0 spiro atoms. The minimum absolute atomic E-state index is 0.000623. The molecule has 4 aromatic rings. The summed E-state index contributed by atoms with van der Waals surface area (Å²) in [5.41, 5.74) is 7.26. The fourth-order valence-electron chi connectivity index (χ4n) is 5.05. The van der Waals surface area contributed by atoms with Gasteiger partial charge < -0.3 is 36.3 Å². The van der Waals surface area contributed by atoms with Crippen LogP contribution in [0.25, 0.3) is 5.78 Å². The van der Waals surface area contributed by atoms with Gasteiger partial charge in [-0.1, -0.05) is 5.16 Å². The topological polar surface area (TPSA) is 292 Å². The van der Waals surface area contributed by atoms with Crippen molar-refractivity contribution in [3.63, 3.8) is 0 Å². The van der Waals surface area contributed by atoms with Crippen LogP contribution in [0.5, 0.6) is 11.5 Å². The van der Waals surface area contributed by atoms with Gasteiger partial charge in [-0.3, -0.25) is 19.3 Å². The van der Waals surface area contributed by atoms with Crippen molar-refractivity contribution < 1.29 is 44.4 Å². The maximum atomic E-state index is 13.6. The number of aliphatic hydroxyl groups is 1. The zero-order valence-corrected chi connectivity index (χ0v) is 30.9. The summed E-state index contributed by atoms with van der Waals surface area (Å²) in [6, 6.07) is 4.54. The van der Waals surface area contributed by atoms with Crippen molar-refractivity contribution in [3.8, 4) is 11.5 Å². The second-order valence-corrected chi connectivity index (χ2v) is 15.1. The number of nitrogen functional groups attached to an aromatic ring is 1. The molecule has 6 rings (SSSR count). The van der Waals surface area contributed by atoms with Crippen molar-refractivity contribution in [1.29, 1.82) is 0 Å². The first-order valence-electron chi connectivity index (χ1n) is 15.7. The molecule has 1 fully saturated rings. The Bertz CT molecular complexity index is 2270. The molecule has 5 heterocycles. The number of nitrogens with zero attached hydrogens (tertiary/aromatic N) is 8. The standard InChI is InChI=1S/C31H31N11O9S3/c1-13-6-20(42-30(34-13)36-19(9-43)39-42)52-10-15-11-53-26-22(25(47)41(26)23(15)27(48)49)37-24(46)21(16-12-54-29(32)35-16)40-51-31(2,3)28(50)38-33-8-14-4-5-17(44)18(45)7-14/h4-8,12,22,26,43-45H,9-11H2,1-3H3,(H2,32,35)(H,37,46)(H,38,50)(H,48,49)/t22?,26-/m1/s1. The van der Waals surface area contributed by atoms with E-state index in [4.69, 9.17) is 10.6 Å².